The van der Waals surface area contributed by atoms with E-state index in [-0.39, 0.29) is 0 Å². The second kappa shape index (κ2) is 3.76. The molecule has 0 heterocycles. The molecule has 1 aliphatic carbocycles. The summed E-state index contributed by atoms with van der Waals surface area (Å²) in [5.74, 6) is -1.23. The van der Waals surface area contributed by atoms with Crippen LogP contribution in [0.25, 0.3) is 6.08 Å². The lowest BCUT2D eigenvalue weighted by Crippen LogP contribution is -2.40. The van der Waals surface area contributed by atoms with Crippen molar-refractivity contribution in [1.82, 2.24) is 0 Å². The van der Waals surface area contributed by atoms with Crippen LogP contribution in [0, 0.1) is 0 Å². The van der Waals surface area contributed by atoms with Crippen LogP contribution >= 0.6 is 11.6 Å². The average Bonchev–Trinajstić information content (AvgIpc) is 2.33. The molecule has 1 atom stereocenters. The molecule has 3 nitrogen and oxygen atoms in total. The minimum Gasteiger partial charge on any atom is -0.467 e. The summed E-state index contributed by atoms with van der Waals surface area (Å²) in [5.41, 5.74) is 1.22. The third-order valence-corrected chi connectivity index (χ3v) is 3.10. The molecule has 0 saturated carbocycles. The van der Waals surface area contributed by atoms with Gasteiger partial charge < -0.3 is 4.74 Å². The lowest BCUT2D eigenvalue weighted by Gasteiger charge is -2.26. The van der Waals surface area contributed by atoms with Crippen LogP contribution in [0.1, 0.15) is 11.1 Å². The van der Waals surface area contributed by atoms with Gasteiger partial charge in [-0.3, -0.25) is 4.79 Å². The summed E-state index contributed by atoms with van der Waals surface area (Å²) in [6, 6.07) is 6.98. The van der Waals surface area contributed by atoms with E-state index in [1.54, 1.807) is 24.3 Å². The van der Waals surface area contributed by atoms with Crippen molar-refractivity contribution in [1.29, 1.82) is 0 Å². The molecule has 0 aromatic heterocycles. The summed E-state index contributed by atoms with van der Waals surface area (Å²) < 4.78 is 4.59. The van der Waals surface area contributed by atoms with Gasteiger partial charge in [0.2, 0.25) is 4.87 Å². The molecule has 1 aliphatic rings. The van der Waals surface area contributed by atoms with E-state index in [1.807, 2.05) is 6.07 Å². The van der Waals surface area contributed by atoms with Gasteiger partial charge in [0, 0.05) is 0 Å². The van der Waals surface area contributed by atoms with Gasteiger partial charge in [0.15, 0.2) is 5.78 Å². The molecule has 0 aliphatic heterocycles. The van der Waals surface area contributed by atoms with Crippen LogP contribution in [-0.4, -0.2) is 18.9 Å². The number of ether oxygens (including phenoxy) is 1. The normalized spacial score (nSPS) is 22.8. The van der Waals surface area contributed by atoms with Crippen molar-refractivity contribution in [3.63, 3.8) is 0 Å². The number of benzene rings is 1. The van der Waals surface area contributed by atoms with Crippen LogP contribution in [0.4, 0.5) is 0 Å². The summed E-state index contributed by atoms with van der Waals surface area (Å²) >= 11 is 6.13. The Bertz CT molecular complexity index is 493. The van der Waals surface area contributed by atoms with E-state index in [9.17, 15) is 9.59 Å². The van der Waals surface area contributed by atoms with E-state index in [4.69, 9.17) is 11.6 Å². The summed E-state index contributed by atoms with van der Waals surface area (Å²) in [6.45, 7) is 0. The minimum absolute atomic E-state index is 0.469. The summed E-state index contributed by atoms with van der Waals surface area (Å²) in [6.07, 6.45) is 2.94. The van der Waals surface area contributed by atoms with E-state index in [0.29, 0.717) is 5.56 Å². The van der Waals surface area contributed by atoms with Gasteiger partial charge in [0.1, 0.15) is 0 Å². The molecule has 0 amide bonds. The number of allylic oxidation sites excluding steroid dienone is 1. The number of carbonyl (C=O) groups is 2. The van der Waals surface area contributed by atoms with Crippen LogP contribution in [0.3, 0.4) is 0 Å². The lowest BCUT2D eigenvalue weighted by atomic mass is 9.85. The zero-order valence-electron chi connectivity index (χ0n) is 8.57. The van der Waals surface area contributed by atoms with Crippen LogP contribution in [0.5, 0.6) is 0 Å². The fourth-order valence-corrected chi connectivity index (χ4v) is 2.03. The number of hydrogen-bond donors (Lipinski definition) is 0. The number of carbonyl (C=O) groups excluding carboxylic acids is 2. The summed E-state index contributed by atoms with van der Waals surface area (Å²) in [4.78, 5) is 21.7. The largest absolute Gasteiger partial charge is 0.467 e. The van der Waals surface area contributed by atoms with Crippen LogP contribution in [-0.2, 0) is 19.2 Å². The second-order valence-electron chi connectivity index (χ2n) is 3.43. The van der Waals surface area contributed by atoms with Crippen molar-refractivity contribution in [2.24, 2.45) is 0 Å². The quantitative estimate of drug-likeness (QED) is 0.425. The second-order valence-corrected chi connectivity index (χ2v) is 4.00. The van der Waals surface area contributed by atoms with Gasteiger partial charge in [-0.1, -0.05) is 41.9 Å². The third kappa shape index (κ3) is 1.36. The first-order valence-electron chi connectivity index (χ1n) is 4.70. The lowest BCUT2D eigenvalue weighted by molar-refractivity contribution is -0.146. The summed E-state index contributed by atoms with van der Waals surface area (Å²) in [7, 11) is 1.21. The molecule has 0 spiro atoms. The molecule has 0 N–H and O–H groups in total. The van der Waals surface area contributed by atoms with Crippen LogP contribution < -0.4 is 0 Å². The van der Waals surface area contributed by atoms with Gasteiger partial charge in [0.05, 0.1) is 7.11 Å². The first kappa shape index (κ1) is 10.9. The van der Waals surface area contributed by atoms with Gasteiger partial charge >= 0.3 is 5.97 Å². The van der Waals surface area contributed by atoms with Crippen molar-refractivity contribution in [3.05, 3.63) is 41.5 Å². The molecule has 2 rings (SSSR count). The topological polar surface area (TPSA) is 43.4 Å². The summed E-state index contributed by atoms with van der Waals surface area (Å²) in [5, 5.41) is 0. The molecule has 4 heteroatoms. The monoisotopic (exact) mass is 236 g/mol. The highest BCUT2D eigenvalue weighted by molar-refractivity contribution is 6.47. The maximum absolute atomic E-state index is 11.8. The molecule has 16 heavy (non-hydrogen) atoms. The fourth-order valence-electron chi connectivity index (χ4n) is 1.72. The average molecular weight is 237 g/mol. The van der Waals surface area contributed by atoms with Crippen molar-refractivity contribution in [3.8, 4) is 0 Å². The Balaban J connectivity index is 2.66. The Hall–Kier alpha value is -1.61. The zero-order chi connectivity index (χ0) is 11.8. The Kier molecular flexibility index (Phi) is 2.56. The number of fused-ring (bicyclic) bond motifs is 1. The molecular weight excluding hydrogens is 228 g/mol. The fraction of sp³-hybridized carbons (Fsp3) is 0.167. The van der Waals surface area contributed by atoms with Gasteiger partial charge in [-0.15, -0.1) is 0 Å². The van der Waals surface area contributed by atoms with Crippen molar-refractivity contribution >= 4 is 29.4 Å². The standard InChI is InChI=1S/C12H9ClO3/c1-16-11(15)12(13)9-5-3-2-4-8(9)6-7-10(12)14/h2-7H,1H3/t12-/m0/s1. The highest BCUT2D eigenvalue weighted by Gasteiger charge is 2.48. The molecule has 0 bridgehead atoms. The van der Waals surface area contributed by atoms with Gasteiger partial charge in [-0.05, 0) is 17.2 Å². The maximum atomic E-state index is 11.8. The van der Waals surface area contributed by atoms with Crippen molar-refractivity contribution in [2.75, 3.05) is 7.11 Å². The Labute approximate surface area is 97.7 Å². The highest BCUT2D eigenvalue weighted by atomic mass is 35.5. The third-order valence-electron chi connectivity index (χ3n) is 2.55. The van der Waals surface area contributed by atoms with Crippen molar-refractivity contribution < 1.29 is 14.3 Å². The van der Waals surface area contributed by atoms with E-state index in [1.165, 1.54) is 13.2 Å². The zero-order valence-corrected chi connectivity index (χ0v) is 9.32. The predicted molar refractivity (Wildman–Crippen MR) is 60.0 cm³/mol. The van der Waals surface area contributed by atoms with Crippen LogP contribution in [0.15, 0.2) is 30.3 Å². The number of halogens is 1. The van der Waals surface area contributed by atoms with Crippen molar-refractivity contribution in [2.45, 2.75) is 4.87 Å². The van der Waals surface area contributed by atoms with Gasteiger partial charge in [-0.2, -0.15) is 0 Å². The Morgan fingerprint density at radius 1 is 1.31 bits per heavy atom. The first-order valence-corrected chi connectivity index (χ1v) is 5.08. The molecule has 0 radical (unpaired) electrons. The molecule has 0 fully saturated rings. The molecule has 1 aromatic carbocycles. The molecule has 0 unspecified atom stereocenters. The van der Waals surface area contributed by atoms with E-state index >= 15 is 0 Å². The first-order chi connectivity index (χ1) is 7.60. The van der Waals surface area contributed by atoms with Gasteiger partial charge in [0.25, 0.3) is 0 Å². The van der Waals surface area contributed by atoms with Gasteiger partial charge in [-0.25, -0.2) is 4.79 Å². The highest BCUT2D eigenvalue weighted by Crippen LogP contribution is 2.38. The number of rotatable bonds is 1. The smallest absolute Gasteiger partial charge is 0.339 e. The SMILES string of the molecule is COC(=O)[C@@]1(Cl)C(=O)C=Cc2ccccc21. The molecule has 0 saturated heterocycles. The van der Waals surface area contributed by atoms with E-state index < -0.39 is 16.6 Å². The molecule has 1 aromatic rings. The number of alkyl halides is 1. The minimum atomic E-state index is -1.74. The Morgan fingerprint density at radius 3 is 2.69 bits per heavy atom. The molecular formula is C12H9ClO3. The predicted octanol–water partition coefficient (Wildman–Crippen LogP) is 1.89. The number of methoxy groups -OCH3 is 1. The number of ketones is 1. The van der Waals surface area contributed by atoms with Crippen LogP contribution in [0.2, 0.25) is 0 Å². The maximum Gasteiger partial charge on any atom is 0.339 e. The van der Waals surface area contributed by atoms with E-state index in [2.05, 4.69) is 4.74 Å². The van der Waals surface area contributed by atoms with E-state index in [0.717, 1.165) is 5.56 Å². The molecule has 82 valence electrons. The Morgan fingerprint density at radius 2 is 2.00 bits per heavy atom. The number of hydrogen-bond acceptors (Lipinski definition) is 3. The number of esters is 1.